The van der Waals surface area contributed by atoms with Gasteiger partial charge in [0, 0.05) is 11.5 Å². The van der Waals surface area contributed by atoms with Gasteiger partial charge in [0.05, 0.1) is 11.6 Å². The molecule has 1 aliphatic heterocycles. The van der Waals surface area contributed by atoms with Gasteiger partial charge >= 0.3 is 5.97 Å². The predicted octanol–water partition coefficient (Wildman–Crippen LogP) is 2.67. The van der Waals surface area contributed by atoms with Gasteiger partial charge < -0.3 is 9.84 Å². The minimum absolute atomic E-state index is 0.287. The van der Waals surface area contributed by atoms with Gasteiger partial charge in [-0.05, 0) is 39.0 Å². The molecule has 0 spiro atoms. The number of ether oxygens (including phenoxy) is 1. The van der Waals surface area contributed by atoms with Crippen molar-refractivity contribution in [2.45, 2.75) is 50.5 Å². The third kappa shape index (κ3) is 1.86. The lowest BCUT2D eigenvalue weighted by atomic mass is 9.91. The largest absolute Gasteiger partial charge is 0.481 e. The molecule has 0 bridgehead atoms. The van der Waals surface area contributed by atoms with E-state index >= 15 is 0 Å². The van der Waals surface area contributed by atoms with E-state index in [0.29, 0.717) is 6.42 Å². The van der Waals surface area contributed by atoms with Crippen LogP contribution < -0.4 is 0 Å². The van der Waals surface area contributed by atoms with Crippen LogP contribution in [0.5, 0.6) is 0 Å². The van der Waals surface area contributed by atoms with Crippen molar-refractivity contribution >= 4 is 17.3 Å². The number of nitrogens with zero attached hydrogens (tertiary/aromatic N) is 1. The zero-order chi connectivity index (χ0) is 12.8. The van der Waals surface area contributed by atoms with Crippen LogP contribution >= 0.6 is 11.3 Å². The molecule has 2 heterocycles. The van der Waals surface area contributed by atoms with Crippen molar-refractivity contribution in [1.29, 1.82) is 0 Å². The molecule has 98 valence electrons. The number of hydrogen-bond donors (Lipinski definition) is 1. The highest BCUT2D eigenvalue weighted by Gasteiger charge is 2.38. The van der Waals surface area contributed by atoms with Crippen LogP contribution in [0.2, 0.25) is 0 Å². The first-order valence-corrected chi connectivity index (χ1v) is 7.29. The molecular weight excluding hydrogens is 250 g/mol. The Hall–Kier alpha value is -0.940. The fourth-order valence-corrected chi connectivity index (χ4v) is 4.13. The fourth-order valence-electron chi connectivity index (χ4n) is 2.83. The van der Waals surface area contributed by atoms with Gasteiger partial charge in [-0.15, -0.1) is 11.3 Å². The van der Waals surface area contributed by atoms with Gasteiger partial charge in [-0.1, -0.05) is 0 Å². The lowest BCUT2D eigenvalue weighted by Gasteiger charge is -2.19. The minimum Gasteiger partial charge on any atom is -0.481 e. The molecule has 0 amide bonds. The van der Waals surface area contributed by atoms with Crippen molar-refractivity contribution in [2.75, 3.05) is 6.61 Å². The van der Waals surface area contributed by atoms with Crippen molar-refractivity contribution in [2.24, 2.45) is 0 Å². The predicted molar refractivity (Wildman–Crippen MR) is 68.0 cm³/mol. The summed E-state index contributed by atoms with van der Waals surface area (Å²) in [7, 11) is 0. The van der Waals surface area contributed by atoms with Crippen molar-refractivity contribution < 1.29 is 14.6 Å². The Bertz CT molecular complexity index is 477. The quantitative estimate of drug-likeness (QED) is 0.895. The number of aromatic nitrogens is 1. The number of thiazole rings is 1. The van der Waals surface area contributed by atoms with Gasteiger partial charge in [-0.3, -0.25) is 4.79 Å². The molecule has 5 heteroatoms. The Morgan fingerprint density at radius 2 is 2.39 bits per heavy atom. The molecule has 2 aliphatic rings. The van der Waals surface area contributed by atoms with Crippen LogP contribution in [0.4, 0.5) is 0 Å². The zero-order valence-corrected chi connectivity index (χ0v) is 11.3. The fraction of sp³-hybridized carbons (Fsp3) is 0.692. The van der Waals surface area contributed by atoms with Crippen LogP contribution in [0.1, 0.15) is 54.1 Å². The molecule has 2 atom stereocenters. The van der Waals surface area contributed by atoms with E-state index in [0.717, 1.165) is 47.9 Å². The average Bonchev–Trinajstić information content (AvgIpc) is 2.94. The first-order valence-electron chi connectivity index (χ1n) is 6.47. The maximum absolute atomic E-state index is 11.3. The normalized spacial score (nSPS) is 31.3. The smallest absolute Gasteiger partial charge is 0.312 e. The molecule has 0 aromatic carbocycles. The Kier molecular flexibility index (Phi) is 2.90. The van der Waals surface area contributed by atoms with E-state index < -0.39 is 11.9 Å². The Balaban J connectivity index is 1.98. The highest BCUT2D eigenvalue weighted by molar-refractivity contribution is 7.11. The molecule has 2 unspecified atom stereocenters. The van der Waals surface area contributed by atoms with Crippen LogP contribution in [0.3, 0.4) is 0 Å². The van der Waals surface area contributed by atoms with Gasteiger partial charge in [0.15, 0.2) is 0 Å². The summed E-state index contributed by atoms with van der Waals surface area (Å²) in [6.07, 6.45) is 4.67. The van der Waals surface area contributed by atoms with Gasteiger partial charge in [-0.25, -0.2) is 4.98 Å². The first kappa shape index (κ1) is 12.1. The second-order valence-electron chi connectivity index (χ2n) is 5.29. The molecule has 18 heavy (non-hydrogen) atoms. The SMILES string of the molecule is CC1(c2nc3c(s2)CCCC3C(=O)O)CCCO1. The topological polar surface area (TPSA) is 59.4 Å². The van der Waals surface area contributed by atoms with Crippen LogP contribution in [0.25, 0.3) is 0 Å². The maximum atomic E-state index is 11.3. The van der Waals surface area contributed by atoms with E-state index in [-0.39, 0.29) is 5.60 Å². The van der Waals surface area contributed by atoms with E-state index in [4.69, 9.17) is 4.74 Å². The third-order valence-electron chi connectivity index (χ3n) is 3.92. The number of aliphatic carboxylic acids is 1. The summed E-state index contributed by atoms with van der Waals surface area (Å²) in [5, 5.41) is 10.2. The molecule has 3 rings (SSSR count). The third-order valence-corrected chi connectivity index (χ3v) is 5.30. The van der Waals surface area contributed by atoms with E-state index in [1.807, 2.05) is 0 Å². The Morgan fingerprint density at radius 3 is 3.06 bits per heavy atom. The van der Waals surface area contributed by atoms with Crippen LogP contribution in [0.15, 0.2) is 0 Å². The Morgan fingerprint density at radius 1 is 1.56 bits per heavy atom. The average molecular weight is 267 g/mol. The number of carbonyl (C=O) groups is 1. The van der Waals surface area contributed by atoms with Crippen molar-refractivity contribution in [3.05, 3.63) is 15.6 Å². The number of aryl methyl sites for hydroxylation is 1. The minimum atomic E-state index is -0.745. The van der Waals surface area contributed by atoms with Gasteiger partial charge in [0.25, 0.3) is 0 Å². The molecule has 1 aromatic rings. The number of fused-ring (bicyclic) bond motifs is 1. The van der Waals surface area contributed by atoms with Crippen molar-refractivity contribution in [3.8, 4) is 0 Å². The molecule has 0 saturated carbocycles. The molecular formula is C13H17NO3S. The summed E-state index contributed by atoms with van der Waals surface area (Å²) in [5.74, 6) is -1.16. The molecule has 4 nitrogen and oxygen atoms in total. The van der Waals surface area contributed by atoms with Gasteiger partial charge in [0.1, 0.15) is 10.6 Å². The van der Waals surface area contributed by atoms with E-state index in [1.165, 1.54) is 0 Å². The number of rotatable bonds is 2. The summed E-state index contributed by atoms with van der Waals surface area (Å²) in [5.41, 5.74) is 0.510. The second kappa shape index (κ2) is 4.31. The van der Waals surface area contributed by atoms with Crippen molar-refractivity contribution in [1.82, 2.24) is 4.98 Å². The summed E-state index contributed by atoms with van der Waals surface area (Å²) < 4.78 is 5.80. The number of carboxylic acid groups (broad SMARTS) is 1. The Labute approximate surface area is 110 Å². The molecule has 1 fully saturated rings. The zero-order valence-electron chi connectivity index (χ0n) is 10.4. The lowest BCUT2D eigenvalue weighted by molar-refractivity contribution is -0.139. The monoisotopic (exact) mass is 267 g/mol. The highest BCUT2D eigenvalue weighted by Crippen LogP contribution is 2.42. The molecule has 1 aliphatic carbocycles. The van der Waals surface area contributed by atoms with Gasteiger partial charge in [-0.2, -0.15) is 0 Å². The second-order valence-corrected chi connectivity index (χ2v) is 6.38. The lowest BCUT2D eigenvalue weighted by Crippen LogP contribution is -2.21. The maximum Gasteiger partial charge on any atom is 0.312 e. The first-order chi connectivity index (χ1) is 8.60. The van der Waals surface area contributed by atoms with Crippen LogP contribution in [-0.4, -0.2) is 22.7 Å². The van der Waals surface area contributed by atoms with Crippen molar-refractivity contribution in [3.63, 3.8) is 0 Å². The van der Waals surface area contributed by atoms with Crippen LogP contribution in [-0.2, 0) is 21.6 Å². The number of hydrogen-bond acceptors (Lipinski definition) is 4. The van der Waals surface area contributed by atoms with Crippen LogP contribution in [0, 0.1) is 0 Å². The highest BCUT2D eigenvalue weighted by atomic mass is 32.1. The molecule has 1 aromatic heterocycles. The van der Waals surface area contributed by atoms with E-state index in [9.17, 15) is 9.90 Å². The molecule has 1 saturated heterocycles. The molecule has 0 radical (unpaired) electrons. The standard InChI is InChI=1S/C13H17NO3S/c1-13(6-3-7-17-13)12-14-10-8(11(15)16)4-2-5-9(10)18-12/h8H,2-7H2,1H3,(H,15,16). The summed E-state index contributed by atoms with van der Waals surface area (Å²) in [6, 6.07) is 0. The summed E-state index contributed by atoms with van der Waals surface area (Å²) in [6.45, 7) is 2.85. The number of carboxylic acids is 1. The van der Waals surface area contributed by atoms with E-state index in [1.54, 1.807) is 11.3 Å². The van der Waals surface area contributed by atoms with Gasteiger partial charge in [0.2, 0.25) is 0 Å². The summed E-state index contributed by atoms with van der Waals surface area (Å²) >= 11 is 1.65. The summed E-state index contributed by atoms with van der Waals surface area (Å²) in [4.78, 5) is 17.0. The molecule has 1 N–H and O–H groups in total. The van der Waals surface area contributed by atoms with E-state index in [2.05, 4.69) is 11.9 Å².